The van der Waals surface area contributed by atoms with Crippen molar-refractivity contribution < 1.29 is 13.2 Å². The lowest BCUT2D eigenvalue weighted by Crippen LogP contribution is -2.43. The molecular formula is C14H18N2O3S. The maximum Gasteiger partial charge on any atom is 0.315 e. The standard InChI is InChI=1S/C14H18N2O3S/c17-14(15-11-7-8-20(18,19)9-11)16-13-6-5-10-3-1-2-4-12(10)13/h1-4,11,13H,5-9H2,(H2,15,16,17)/t11-,13-/m0/s1. The fourth-order valence-electron chi connectivity index (χ4n) is 3.00. The van der Waals surface area contributed by atoms with E-state index in [1.54, 1.807) is 0 Å². The molecule has 1 aromatic rings. The van der Waals surface area contributed by atoms with Gasteiger partial charge >= 0.3 is 6.03 Å². The molecule has 2 amide bonds. The molecule has 0 unspecified atom stereocenters. The zero-order valence-electron chi connectivity index (χ0n) is 11.1. The molecule has 0 spiro atoms. The van der Waals surface area contributed by atoms with E-state index in [2.05, 4.69) is 16.7 Å². The van der Waals surface area contributed by atoms with Gasteiger partial charge in [0.1, 0.15) is 0 Å². The summed E-state index contributed by atoms with van der Waals surface area (Å²) in [4.78, 5) is 12.0. The highest BCUT2D eigenvalue weighted by atomic mass is 32.2. The fraction of sp³-hybridized carbons (Fsp3) is 0.500. The van der Waals surface area contributed by atoms with Gasteiger partial charge in [0.2, 0.25) is 0 Å². The largest absolute Gasteiger partial charge is 0.334 e. The highest BCUT2D eigenvalue weighted by molar-refractivity contribution is 7.91. The van der Waals surface area contributed by atoms with Crippen molar-refractivity contribution in [2.75, 3.05) is 11.5 Å². The minimum absolute atomic E-state index is 0.0317. The molecule has 0 saturated carbocycles. The van der Waals surface area contributed by atoms with Gasteiger partial charge in [0, 0.05) is 6.04 Å². The van der Waals surface area contributed by atoms with E-state index in [1.807, 2.05) is 18.2 Å². The Hall–Kier alpha value is -1.56. The molecule has 2 aliphatic rings. The van der Waals surface area contributed by atoms with Crippen molar-refractivity contribution in [3.63, 3.8) is 0 Å². The van der Waals surface area contributed by atoms with Crippen LogP contribution in [0.4, 0.5) is 4.79 Å². The molecule has 2 N–H and O–H groups in total. The van der Waals surface area contributed by atoms with Gasteiger partial charge in [-0.1, -0.05) is 24.3 Å². The Balaban J connectivity index is 1.58. The van der Waals surface area contributed by atoms with Gasteiger partial charge in [0.05, 0.1) is 17.5 Å². The van der Waals surface area contributed by atoms with Crippen molar-refractivity contribution in [2.24, 2.45) is 0 Å². The SMILES string of the molecule is O=C(N[C@H]1CCS(=O)(=O)C1)N[C@H]1CCc2ccccc21. The summed E-state index contributed by atoms with van der Waals surface area (Å²) in [5.74, 6) is 0.228. The van der Waals surface area contributed by atoms with E-state index < -0.39 is 9.84 Å². The summed E-state index contributed by atoms with van der Waals surface area (Å²) >= 11 is 0. The second-order valence-corrected chi connectivity index (χ2v) is 7.74. The van der Waals surface area contributed by atoms with E-state index >= 15 is 0 Å². The molecule has 1 heterocycles. The van der Waals surface area contributed by atoms with Gasteiger partial charge in [-0.3, -0.25) is 0 Å². The van der Waals surface area contributed by atoms with E-state index in [0.29, 0.717) is 6.42 Å². The summed E-state index contributed by atoms with van der Waals surface area (Å²) in [5, 5.41) is 5.71. The van der Waals surface area contributed by atoms with E-state index in [-0.39, 0.29) is 29.6 Å². The number of fused-ring (bicyclic) bond motifs is 1. The van der Waals surface area contributed by atoms with Crippen molar-refractivity contribution in [3.05, 3.63) is 35.4 Å². The van der Waals surface area contributed by atoms with Gasteiger partial charge in [0.15, 0.2) is 9.84 Å². The smallest absolute Gasteiger partial charge is 0.315 e. The van der Waals surface area contributed by atoms with Crippen LogP contribution in [0.5, 0.6) is 0 Å². The third-order valence-corrected chi connectivity index (χ3v) is 5.77. The quantitative estimate of drug-likeness (QED) is 0.859. The van der Waals surface area contributed by atoms with Gasteiger partial charge in [0.25, 0.3) is 0 Å². The lowest BCUT2D eigenvalue weighted by molar-refractivity contribution is 0.234. The first-order chi connectivity index (χ1) is 9.53. The summed E-state index contributed by atoms with van der Waals surface area (Å²) in [6, 6.07) is 7.60. The van der Waals surface area contributed by atoms with Crippen molar-refractivity contribution in [2.45, 2.75) is 31.3 Å². The monoisotopic (exact) mass is 294 g/mol. The molecule has 3 rings (SSSR count). The summed E-state index contributed by atoms with van der Waals surface area (Å²) in [7, 11) is -2.96. The summed E-state index contributed by atoms with van der Waals surface area (Å²) in [6.07, 6.45) is 2.38. The molecule has 5 nitrogen and oxygen atoms in total. The number of carbonyl (C=O) groups excluding carboxylic acids is 1. The maximum atomic E-state index is 12.0. The number of hydrogen-bond donors (Lipinski definition) is 2. The zero-order valence-corrected chi connectivity index (χ0v) is 11.9. The van der Waals surface area contributed by atoms with Crippen LogP contribution in [0.3, 0.4) is 0 Å². The Kier molecular flexibility index (Phi) is 3.41. The van der Waals surface area contributed by atoms with Crippen LogP contribution in [0.15, 0.2) is 24.3 Å². The first kappa shape index (κ1) is 13.4. The second kappa shape index (κ2) is 5.09. The lowest BCUT2D eigenvalue weighted by atomic mass is 10.1. The zero-order chi connectivity index (χ0) is 14.2. The van der Waals surface area contributed by atoms with Crippen molar-refractivity contribution in [1.82, 2.24) is 10.6 Å². The number of sulfone groups is 1. The Morgan fingerprint density at radius 3 is 2.70 bits per heavy atom. The van der Waals surface area contributed by atoms with E-state index in [1.165, 1.54) is 11.1 Å². The molecule has 1 saturated heterocycles. The fourth-order valence-corrected chi connectivity index (χ4v) is 4.67. The molecule has 1 aliphatic heterocycles. The average molecular weight is 294 g/mol. The van der Waals surface area contributed by atoms with Gasteiger partial charge in [-0.2, -0.15) is 0 Å². The van der Waals surface area contributed by atoms with Crippen LogP contribution in [0.25, 0.3) is 0 Å². The Bertz CT molecular complexity index is 627. The first-order valence-electron chi connectivity index (χ1n) is 6.89. The number of nitrogens with one attached hydrogen (secondary N) is 2. The van der Waals surface area contributed by atoms with Gasteiger partial charge < -0.3 is 10.6 Å². The number of aryl methyl sites for hydroxylation is 1. The number of benzene rings is 1. The summed E-state index contributed by atoms with van der Waals surface area (Å²) in [6.45, 7) is 0. The van der Waals surface area contributed by atoms with Crippen LogP contribution in [0, 0.1) is 0 Å². The molecule has 1 aromatic carbocycles. The molecular weight excluding hydrogens is 276 g/mol. The summed E-state index contributed by atoms with van der Waals surface area (Å²) in [5.41, 5.74) is 2.45. The first-order valence-corrected chi connectivity index (χ1v) is 8.71. The van der Waals surface area contributed by atoms with Gasteiger partial charge in [-0.15, -0.1) is 0 Å². The Morgan fingerprint density at radius 1 is 1.15 bits per heavy atom. The molecule has 6 heteroatoms. The highest BCUT2D eigenvalue weighted by Gasteiger charge is 2.30. The predicted octanol–water partition coefficient (Wildman–Crippen LogP) is 1.16. The molecule has 2 atom stereocenters. The van der Waals surface area contributed by atoms with Crippen molar-refractivity contribution in [1.29, 1.82) is 0 Å². The third kappa shape index (κ3) is 2.80. The van der Waals surface area contributed by atoms with Crippen molar-refractivity contribution in [3.8, 4) is 0 Å². The molecule has 0 bridgehead atoms. The Morgan fingerprint density at radius 2 is 1.95 bits per heavy atom. The van der Waals surface area contributed by atoms with E-state index in [4.69, 9.17) is 0 Å². The molecule has 20 heavy (non-hydrogen) atoms. The summed E-state index contributed by atoms with van der Waals surface area (Å²) < 4.78 is 22.7. The van der Waals surface area contributed by atoms with Crippen LogP contribution in [0.1, 0.15) is 30.0 Å². The number of amides is 2. The van der Waals surface area contributed by atoms with Crippen LogP contribution >= 0.6 is 0 Å². The Labute approximate surface area is 118 Å². The number of carbonyl (C=O) groups is 1. The topological polar surface area (TPSA) is 75.3 Å². The van der Waals surface area contributed by atoms with Gasteiger partial charge in [-0.25, -0.2) is 13.2 Å². The second-order valence-electron chi connectivity index (χ2n) is 5.51. The minimum Gasteiger partial charge on any atom is -0.334 e. The number of rotatable bonds is 2. The van der Waals surface area contributed by atoms with E-state index in [9.17, 15) is 13.2 Å². The van der Waals surface area contributed by atoms with Crippen LogP contribution < -0.4 is 10.6 Å². The molecule has 0 radical (unpaired) electrons. The van der Waals surface area contributed by atoms with Gasteiger partial charge in [-0.05, 0) is 30.4 Å². The maximum absolute atomic E-state index is 12.0. The van der Waals surface area contributed by atoms with Crippen LogP contribution in [0.2, 0.25) is 0 Å². The average Bonchev–Trinajstić information content (AvgIpc) is 2.94. The lowest BCUT2D eigenvalue weighted by Gasteiger charge is -2.17. The molecule has 108 valence electrons. The molecule has 1 fully saturated rings. The number of urea groups is 1. The van der Waals surface area contributed by atoms with Crippen molar-refractivity contribution >= 4 is 15.9 Å². The van der Waals surface area contributed by atoms with Crippen LogP contribution in [-0.2, 0) is 16.3 Å². The highest BCUT2D eigenvalue weighted by Crippen LogP contribution is 2.30. The molecule has 0 aromatic heterocycles. The minimum atomic E-state index is -2.96. The third-order valence-electron chi connectivity index (χ3n) is 4.01. The number of hydrogen-bond acceptors (Lipinski definition) is 3. The normalized spacial score (nSPS) is 27.0. The molecule has 1 aliphatic carbocycles. The van der Waals surface area contributed by atoms with Crippen LogP contribution in [-0.4, -0.2) is 32.0 Å². The van der Waals surface area contributed by atoms with E-state index in [0.717, 1.165) is 12.8 Å². The predicted molar refractivity (Wildman–Crippen MR) is 76.2 cm³/mol.